The van der Waals surface area contributed by atoms with Crippen LogP contribution in [0.25, 0.3) is 0 Å². The summed E-state index contributed by atoms with van der Waals surface area (Å²) in [6.07, 6.45) is 2.95. The van der Waals surface area contributed by atoms with Crippen LogP contribution >= 0.6 is 11.3 Å². The van der Waals surface area contributed by atoms with Gasteiger partial charge in [-0.2, -0.15) is 0 Å². The molecule has 3 N–H and O–H groups in total. The second-order valence-corrected chi connectivity index (χ2v) is 6.27. The number of nitrogens with zero attached hydrogens (tertiary/aromatic N) is 1. The number of aryl methyl sites for hydroxylation is 1. The molecule has 20 heavy (non-hydrogen) atoms. The number of methoxy groups -OCH3 is 1. The van der Waals surface area contributed by atoms with E-state index in [4.69, 9.17) is 10.5 Å². The lowest BCUT2D eigenvalue weighted by atomic mass is 9.78. The second kappa shape index (κ2) is 5.07. The van der Waals surface area contributed by atoms with E-state index in [1.165, 1.54) is 16.1 Å². The van der Waals surface area contributed by atoms with Gasteiger partial charge in [0.25, 0.3) is 0 Å². The van der Waals surface area contributed by atoms with Gasteiger partial charge in [-0.1, -0.05) is 12.1 Å². The molecule has 1 unspecified atom stereocenters. The summed E-state index contributed by atoms with van der Waals surface area (Å²) in [5, 5.41) is 4.20. The minimum Gasteiger partial charge on any atom is -0.497 e. The first-order chi connectivity index (χ1) is 9.66. The van der Waals surface area contributed by atoms with Crippen LogP contribution in [0.1, 0.15) is 22.6 Å². The van der Waals surface area contributed by atoms with Gasteiger partial charge in [0.05, 0.1) is 12.8 Å². The van der Waals surface area contributed by atoms with Crippen molar-refractivity contribution in [1.82, 2.24) is 10.3 Å². The van der Waals surface area contributed by atoms with E-state index in [-0.39, 0.29) is 5.54 Å². The number of hydrogen-bond donors (Lipinski definition) is 2. The van der Waals surface area contributed by atoms with Crippen LogP contribution in [0.5, 0.6) is 5.75 Å². The molecule has 1 aliphatic carbocycles. The molecule has 0 amide bonds. The van der Waals surface area contributed by atoms with Crippen molar-refractivity contribution in [1.29, 1.82) is 0 Å². The predicted molar refractivity (Wildman–Crippen MR) is 82.3 cm³/mol. The summed E-state index contributed by atoms with van der Waals surface area (Å²) in [6, 6.07) is 8.32. The van der Waals surface area contributed by atoms with E-state index < -0.39 is 0 Å². The van der Waals surface area contributed by atoms with Gasteiger partial charge in [-0.3, -0.25) is 0 Å². The molecule has 0 saturated carbocycles. The number of ether oxygens (including phenoxy) is 1. The lowest BCUT2D eigenvalue weighted by Crippen LogP contribution is -2.44. The highest BCUT2D eigenvalue weighted by Gasteiger charge is 2.36. The Balaban J connectivity index is 1.96. The Bertz CT molecular complexity index is 608. The van der Waals surface area contributed by atoms with E-state index in [0.29, 0.717) is 5.13 Å². The fourth-order valence-corrected chi connectivity index (χ4v) is 3.94. The Hall–Kier alpha value is -1.59. The van der Waals surface area contributed by atoms with Gasteiger partial charge in [-0.15, -0.1) is 11.3 Å². The Morgan fingerprint density at radius 3 is 2.75 bits per heavy atom. The average Bonchev–Trinajstić information content (AvgIpc) is 2.86. The quantitative estimate of drug-likeness (QED) is 0.910. The van der Waals surface area contributed by atoms with Crippen molar-refractivity contribution in [3.8, 4) is 5.75 Å². The standard InChI is InChI=1S/C15H19N3OS/c1-17-15(10-3-5-11(19-2)6-4-10)8-7-12-13(9-15)20-14(16)18-12/h3-6,17H,7-9H2,1-2H3,(H2,16,18). The first-order valence-corrected chi connectivity index (χ1v) is 7.56. The first-order valence-electron chi connectivity index (χ1n) is 6.74. The van der Waals surface area contributed by atoms with Crippen LogP contribution in [0.15, 0.2) is 24.3 Å². The molecule has 0 fully saturated rings. The summed E-state index contributed by atoms with van der Waals surface area (Å²) in [5.41, 5.74) is 8.27. The molecule has 0 radical (unpaired) electrons. The number of hydrogen-bond acceptors (Lipinski definition) is 5. The molecule has 0 spiro atoms. The number of rotatable bonds is 3. The molecule has 5 heteroatoms. The van der Waals surface area contributed by atoms with Gasteiger partial charge >= 0.3 is 0 Å². The average molecular weight is 289 g/mol. The van der Waals surface area contributed by atoms with Gasteiger partial charge in [0.2, 0.25) is 0 Å². The highest BCUT2D eigenvalue weighted by Crippen LogP contribution is 2.39. The number of likely N-dealkylation sites (N-methyl/N-ethyl adjacent to an activating group) is 1. The highest BCUT2D eigenvalue weighted by atomic mass is 32.1. The van der Waals surface area contributed by atoms with Crippen LogP contribution in [-0.2, 0) is 18.4 Å². The molecular formula is C15H19N3OS. The molecule has 106 valence electrons. The normalized spacial score (nSPS) is 21.5. The van der Waals surface area contributed by atoms with Crippen LogP contribution in [0.3, 0.4) is 0 Å². The number of nitrogen functional groups attached to an aromatic ring is 1. The molecule has 1 aliphatic rings. The largest absolute Gasteiger partial charge is 0.497 e. The zero-order chi connectivity index (χ0) is 14.2. The first kappa shape index (κ1) is 13.4. The van der Waals surface area contributed by atoms with E-state index in [9.17, 15) is 0 Å². The number of benzene rings is 1. The van der Waals surface area contributed by atoms with E-state index in [0.717, 1.165) is 25.0 Å². The Labute approximate surface area is 123 Å². The zero-order valence-electron chi connectivity index (χ0n) is 11.8. The lowest BCUT2D eigenvalue weighted by Gasteiger charge is -2.37. The van der Waals surface area contributed by atoms with Crippen molar-refractivity contribution in [2.75, 3.05) is 19.9 Å². The van der Waals surface area contributed by atoms with E-state index in [1.54, 1.807) is 18.4 Å². The van der Waals surface area contributed by atoms with Crippen LogP contribution in [0, 0.1) is 0 Å². The summed E-state index contributed by atoms with van der Waals surface area (Å²) in [7, 11) is 3.72. The summed E-state index contributed by atoms with van der Waals surface area (Å²) in [4.78, 5) is 5.73. The van der Waals surface area contributed by atoms with Gasteiger partial charge in [-0.05, 0) is 37.6 Å². The fourth-order valence-electron chi connectivity index (χ4n) is 2.95. The molecule has 0 bridgehead atoms. The smallest absolute Gasteiger partial charge is 0.180 e. The van der Waals surface area contributed by atoms with Crippen LogP contribution in [-0.4, -0.2) is 19.1 Å². The van der Waals surface area contributed by atoms with Gasteiger partial charge in [-0.25, -0.2) is 4.98 Å². The number of nitrogens with two attached hydrogens (primary N) is 1. The van der Waals surface area contributed by atoms with E-state index in [1.807, 2.05) is 19.2 Å². The third-order valence-corrected chi connectivity index (χ3v) is 5.09. The molecule has 0 saturated heterocycles. The third kappa shape index (κ3) is 2.17. The Morgan fingerprint density at radius 1 is 1.35 bits per heavy atom. The summed E-state index contributed by atoms with van der Waals surface area (Å²) >= 11 is 1.61. The molecule has 4 nitrogen and oxygen atoms in total. The number of fused-ring (bicyclic) bond motifs is 1. The van der Waals surface area contributed by atoms with Gasteiger partial charge in [0.15, 0.2) is 5.13 Å². The molecule has 1 aromatic carbocycles. The predicted octanol–water partition coefficient (Wildman–Crippen LogP) is 2.34. The van der Waals surface area contributed by atoms with Crippen molar-refractivity contribution >= 4 is 16.5 Å². The Kier molecular flexibility index (Phi) is 3.40. The lowest BCUT2D eigenvalue weighted by molar-refractivity contribution is 0.315. The molecular weight excluding hydrogens is 270 g/mol. The highest BCUT2D eigenvalue weighted by molar-refractivity contribution is 7.15. The summed E-state index contributed by atoms with van der Waals surface area (Å²) < 4.78 is 5.24. The van der Waals surface area contributed by atoms with Crippen molar-refractivity contribution in [3.05, 3.63) is 40.4 Å². The topological polar surface area (TPSA) is 60.2 Å². The molecule has 0 aliphatic heterocycles. The monoisotopic (exact) mass is 289 g/mol. The van der Waals surface area contributed by atoms with E-state index in [2.05, 4.69) is 22.4 Å². The van der Waals surface area contributed by atoms with Crippen molar-refractivity contribution in [3.63, 3.8) is 0 Å². The third-order valence-electron chi connectivity index (χ3n) is 4.17. The molecule has 1 heterocycles. The van der Waals surface area contributed by atoms with Gasteiger partial charge in [0.1, 0.15) is 5.75 Å². The fraction of sp³-hybridized carbons (Fsp3) is 0.400. The van der Waals surface area contributed by atoms with Crippen molar-refractivity contribution in [2.45, 2.75) is 24.8 Å². The van der Waals surface area contributed by atoms with Gasteiger partial charge in [0, 0.05) is 16.8 Å². The maximum atomic E-state index is 5.84. The van der Waals surface area contributed by atoms with Crippen LogP contribution in [0.2, 0.25) is 0 Å². The SMILES string of the molecule is CNC1(c2ccc(OC)cc2)CCc2nc(N)sc2C1. The minimum atomic E-state index is -0.0295. The minimum absolute atomic E-state index is 0.0295. The molecule has 1 atom stereocenters. The Morgan fingerprint density at radius 2 is 2.10 bits per heavy atom. The van der Waals surface area contributed by atoms with Crippen LogP contribution in [0.4, 0.5) is 5.13 Å². The van der Waals surface area contributed by atoms with E-state index >= 15 is 0 Å². The number of nitrogens with one attached hydrogen (secondary N) is 1. The van der Waals surface area contributed by atoms with Crippen LogP contribution < -0.4 is 15.8 Å². The summed E-state index contributed by atoms with van der Waals surface area (Å²) in [5.74, 6) is 0.888. The number of thiazole rings is 1. The molecule has 2 aromatic rings. The van der Waals surface area contributed by atoms with Crippen molar-refractivity contribution in [2.24, 2.45) is 0 Å². The van der Waals surface area contributed by atoms with Gasteiger partial charge < -0.3 is 15.8 Å². The second-order valence-electron chi connectivity index (χ2n) is 5.16. The molecule has 3 rings (SSSR count). The molecule has 1 aromatic heterocycles. The van der Waals surface area contributed by atoms with Crippen molar-refractivity contribution < 1.29 is 4.74 Å². The number of anilines is 1. The summed E-state index contributed by atoms with van der Waals surface area (Å²) in [6.45, 7) is 0. The maximum Gasteiger partial charge on any atom is 0.180 e. The number of aromatic nitrogens is 1. The maximum absolute atomic E-state index is 5.84. The zero-order valence-corrected chi connectivity index (χ0v) is 12.6.